The molecule has 0 aromatic heterocycles. The summed E-state index contributed by atoms with van der Waals surface area (Å²) in [6, 6.07) is 9.23. The molecule has 114 valence electrons. The Labute approximate surface area is 125 Å². The molecule has 0 bridgehead atoms. The summed E-state index contributed by atoms with van der Waals surface area (Å²) in [6.45, 7) is 0.522. The first-order chi connectivity index (χ1) is 10.6. The van der Waals surface area contributed by atoms with Gasteiger partial charge in [0.25, 0.3) is 0 Å². The highest BCUT2D eigenvalue weighted by molar-refractivity contribution is 5.52. The van der Waals surface area contributed by atoms with Crippen molar-refractivity contribution in [2.75, 3.05) is 11.6 Å². The second-order valence-electron chi connectivity index (χ2n) is 4.76. The molecule has 1 aliphatic heterocycles. The Kier molecular flexibility index (Phi) is 3.91. The van der Waals surface area contributed by atoms with Gasteiger partial charge in [0.2, 0.25) is 0 Å². The molecule has 2 aromatic carbocycles. The Morgan fingerprint density at radius 3 is 2.45 bits per heavy atom. The number of nitrogens with zero attached hydrogens (tertiary/aromatic N) is 1. The molecule has 0 amide bonds. The van der Waals surface area contributed by atoms with Gasteiger partial charge in [0.1, 0.15) is 12.4 Å². The van der Waals surface area contributed by atoms with Crippen LogP contribution in [0, 0.1) is 17.5 Å². The number of rotatable bonds is 4. The lowest BCUT2D eigenvalue weighted by atomic mass is 10.2. The zero-order chi connectivity index (χ0) is 15.5. The van der Waals surface area contributed by atoms with Gasteiger partial charge in [-0.25, -0.2) is 13.2 Å². The standard InChI is InChI=1S/C16H13F3N2O/c17-14-6-1-11(15(18)16(14)19)9-22-13-4-2-12(3-5-13)21-8-7-20-10-21/h1-8,20H,9-10H2. The molecule has 3 rings (SSSR count). The van der Waals surface area contributed by atoms with Gasteiger partial charge in [0, 0.05) is 23.7 Å². The summed E-state index contributed by atoms with van der Waals surface area (Å²) >= 11 is 0. The predicted molar refractivity (Wildman–Crippen MR) is 76.7 cm³/mol. The van der Waals surface area contributed by atoms with Crippen molar-refractivity contribution in [3.63, 3.8) is 0 Å². The van der Waals surface area contributed by atoms with E-state index in [0.717, 1.165) is 11.8 Å². The van der Waals surface area contributed by atoms with Crippen LogP contribution in [-0.2, 0) is 6.61 Å². The topological polar surface area (TPSA) is 24.5 Å². The van der Waals surface area contributed by atoms with Crippen LogP contribution in [0.4, 0.5) is 18.9 Å². The lowest BCUT2D eigenvalue weighted by Crippen LogP contribution is -2.19. The molecular formula is C16H13F3N2O. The number of nitrogens with one attached hydrogen (secondary N) is 1. The van der Waals surface area contributed by atoms with Crippen molar-refractivity contribution < 1.29 is 17.9 Å². The lowest BCUT2D eigenvalue weighted by Gasteiger charge is -2.15. The van der Waals surface area contributed by atoms with Crippen molar-refractivity contribution in [2.45, 2.75) is 6.61 Å². The number of benzene rings is 2. The van der Waals surface area contributed by atoms with Crippen molar-refractivity contribution in [3.05, 3.63) is 71.8 Å². The smallest absolute Gasteiger partial charge is 0.194 e. The van der Waals surface area contributed by atoms with Gasteiger partial charge in [0.15, 0.2) is 17.5 Å². The van der Waals surface area contributed by atoms with Gasteiger partial charge in [-0.2, -0.15) is 0 Å². The molecule has 1 heterocycles. The number of halogens is 3. The van der Waals surface area contributed by atoms with Gasteiger partial charge in [0.05, 0.1) is 6.67 Å². The third kappa shape index (κ3) is 2.86. The Morgan fingerprint density at radius 1 is 1.00 bits per heavy atom. The van der Waals surface area contributed by atoms with Gasteiger partial charge in [-0.3, -0.25) is 0 Å². The second kappa shape index (κ2) is 6.01. The Balaban J connectivity index is 1.66. The maximum Gasteiger partial charge on any atom is 0.194 e. The first-order valence-electron chi connectivity index (χ1n) is 6.67. The first-order valence-corrected chi connectivity index (χ1v) is 6.67. The minimum atomic E-state index is -1.48. The minimum Gasteiger partial charge on any atom is -0.489 e. The lowest BCUT2D eigenvalue weighted by molar-refractivity contribution is 0.295. The average molecular weight is 306 g/mol. The van der Waals surface area contributed by atoms with Crippen LogP contribution < -0.4 is 15.0 Å². The van der Waals surface area contributed by atoms with Crippen molar-refractivity contribution in [1.82, 2.24) is 5.32 Å². The van der Waals surface area contributed by atoms with Gasteiger partial charge in [-0.1, -0.05) is 0 Å². The summed E-state index contributed by atoms with van der Waals surface area (Å²) in [5.74, 6) is -3.39. The van der Waals surface area contributed by atoms with E-state index < -0.39 is 17.5 Å². The van der Waals surface area contributed by atoms with Crippen LogP contribution in [-0.4, -0.2) is 6.67 Å². The molecular weight excluding hydrogens is 293 g/mol. The molecule has 0 atom stereocenters. The molecule has 0 spiro atoms. The van der Waals surface area contributed by atoms with Crippen LogP contribution in [0.15, 0.2) is 48.8 Å². The third-order valence-electron chi connectivity index (χ3n) is 3.31. The third-order valence-corrected chi connectivity index (χ3v) is 3.31. The molecule has 0 saturated heterocycles. The van der Waals surface area contributed by atoms with E-state index in [2.05, 4.69) is 5.32 Å². The fourth-order valence-corrected chi connectivity index (χ4v) is 2.10. The molecule has 0 fully saturated rings. The predicted octanol–water partition coefficient (Wildman–Crippen LogP) is 3.52. The van der Waals surface area contributed by atoms with Crippen molar-refractivity contribution >= 4 is 5.69 Å². The van der Waals surface area contributed by atoms with Crippen LogP contribution in [0.5, 0.6) is 5.75 Å². The summed E-state index contributed by atoms with van der Waals surface area (Å²) in [5, 5.41) is 3.05. The van der Waals surface area contributed by atoms with E-state index in [-0.39, 0.29) is 12.2 Å². The number of hydrogen-bond acceptors (Lipinski definition) is 3. The molecule has 22 heavy (non-hydrogen) atoms. The monoisotopic (exact) mass is 306 g/mol. The van der Waals surface area contributed by atoms with Gasteiger partial charge < -0.3 is 15.0 Å². The van der Waals surface area contributed by atoms with Crippen LogP contribution in [0.2, 0.25) is 0 Å². The minimum absolute atomic E-state index is 0.0327. The van der Waals surface area contributed by atoms with Gasteiger partial charge in [-0.05, 0) is 36.4 Å². The van der Waals surface area contributed by atoms with Crippen molar-refractivity contribution in [1.29, 1.82) is 0 Å². The molecule has 1 aliphatic rings. The molecule has 3 nitrogen and oxygen atoms in total. The highest BCUT2D eigenvalue weighted by atomic mass is 19.2. The molecule has 2 aromatic rings. The zero-order valence-electron chi connectivity index (χ0n) is 11.5. The summed E-state index contributed by atoms with van der Waals surface area (Å²) in [4.78, 5) is 2.00. The maximum atomic E-state index is 13.5. The van der Waals surface area contributed by atoms with Gasteiger partial charge >= 0.3 is 0 Å². The van der Waals surface area contributed by atoms with E-state index in [4.69, 9.17) is 4.74 Å². The summed E-state index contributed by atoms with van der Waals surface area (Å²) in [5.41, 5.74) is 0.947. The van der Waals surface area contributed by atoms with E-state index in [1.54, 1.807) is 12.1 Å². The maximum absolute atomic E-state index is 13.5. The van der Waals surface area contributed by atoms with Crippen LogP contribution in [0.3, 0.4) is 0 Å². The molecule has 0 aliphatic carbocycles. The molecule has 1 N–H and O–H groups in total. The van der Waals surface area contributed by atoms with Crippen molar-refractivity contribution in [3.8, 4) is 5.75 Å². The molecule has 0 unspecified atom stereocenters. The van der Waals surface area contributed by atoms with Crippen molar-refractivity contribution in [2.24, 2.45) is 0 Å². The fraction of sp³-hybridized carbons (Fsp3) is 0.125. The number of hydrogen-bond donors (Lipinski definition) is 1. The highest BCUT2D eigenvalue weighted by Gasteiger charge is 2.13. The van der Waals surface area contributed by atoms with Crippen LogP contribution in [0.25, 0.3) is 0 Å². The molecule has 0 saturated carbocycles. The largest absolute Gasteiger partial charge is 0.489 e. The van der Waals surface area contributed by atoms with Crippen LogP contribution >= 0.6 is 0 Å². The zero-order valence-corrected chi connectivity index (χ0v) is 11.5. The van der Waals surface area contributed by atoms with E-state index in [1.165, 1.54) is 6.07 Å². The highest BCUT2D eigenvalue weighted by Crippen LogP contribution is 2.22. The Bertz CT molecular complexity index is 701. The molecule has 0 radical (unpaired) electrons. The first kappa shape index (κ1) is 14.3. The Morgan fingerprint density at radius 2 is 1.77 bits per heavy atom. The summed E-state index contributed by atoms with van der Waals surface area (Å²) < 4.78 is 44.9. The SMILES string of the molecule is Fc1ccc(COc2ccc(N3C=CNC3)cc2)c(F)c1F. The Hall–Kier alpha value is -2.63. The van der Waals surface area contributed by atoms with Crippen LogP contribution in [0.1, 0.15) is 5.56 Å². The number of anilines is 1. The van der Waals surface area contributed by atoms with E-state index >= 15 is 0 Å². The van der Waals surface area contributed by atoms with E-state index in [1.807, 2.05) is 29.4 Å². The summed E-state index contributed by atoms with van der Waals surface area (Å²) in [7, 11) is 0. The van der Waals surface area contributed by atoms with Gasteiger partial charge in [-0.15, -0.1) is 0 Å². The quantitative estimate of drug-likeness (QED) is 0.875. The number of ether oxygens (including phenoxy) is 1. The normalized spacial score (nSPS) is 13.3. The second-order valence-corrected chi connectivity index (χ2v) is 4.76. The fourth-order valence-electron chi connectivity index (χ4n) is 2.10. The summed E-state index contributed by atoms with van der Waals surface area (Å²) in [6.07, 6.45) is 3.75. The van der Waals surface area contributed by atoms with E-state index in [9.17, 15) is 13.2 Å². The van der Waals surface area contributed by atoms with E-state index in [0.29, 0.717) is 12.4 Å². The average Bonchev–Trinajstić information content (AvgIpc) is 3.07. The molecule has 6 heteroatoms.